The molecular formula is C14H25N5S. The number of piperazine rings is 1. The van der Waals surface area contributed by atoms with E-state index in [0.717, 1.165) is 36.9 Å². The zero-order valence-electron chi connectivity index (χ0n) is 12.5. The Hall–Kier alpha value is -0.880. The Morgan fingerprint density at radius 2 is 2.05 bits per heavy atom. The molecule has 3 rings (SSSR count). The van der Waals surface area contributed by atoms with Gasteiger partial charge in [0.05, 0.1) is 0 Å². The van der Waals surface area contributed by atoms with Gasteiger partial charge in [-0.25, -0.2) is 5.10 Å². The molecule has 0 bridgehead atoms. The molecule has 2 heterocycles. The Labute approximate surface area is 126 Å². The average Bonchev–Trinajstić information content (AvgIpc) is 3.07. The average molecular weight is 295 g/mol. The van der Waals surface area contributed by atoms with Gasteiger partial charge in [0.2, 0.25) is 5.95 Å². The summed E-state index contributed by atoms with van der Waals surface area (Å²) >= 11 is 5.46. The van der Waals surface area contributed by atoms with Crippen molar-refractivity contribution in [3.63, 3.8) is 0 Å². The number of aromatic amines is 1. The number of rotatable bonds is 3. The summed E-state index contributed by atoms with van der Waals surface area (Å²) in [4.78, 5) is 4.93. The summed E-state index contributed by atoms with van der Waals surface area (Å²) in [5.74, 6) is 1.06. The second kappa shape index (κ2) is 5.85. The van der Waals surface area contributed by atoms with Gasteiger partial charge < -0.3 is 4.90 Å². The third kappa shape index (κ3) is 2.51. The van der Waals surface area contributed by atoms with E-state index in [9.17, 15) is 0 Å². The van der Waals surface area contributed by atoms with Gasteiger partial charge in [0.1, 0.15) is 0 Å². The molecule has 112 valence electrons. The van der Waals surface area contributed by atoms with E-state index in [0.29, 0.717) is 12.1 Å². The number of anilines is 1. The van der Waals surface area contributed by atoms with Gasteiger partial charge >= 0.3 is 0 Å². The SMILES string of the molecule is CCN1CCN(c2n[nH]c(=S)n2C2CCCC2)CC1C. The van der Waals surface area contributed by atoms with Gasteiger partial charge in [-0.1, -0.05) is 19.8 Å². The third-order valence-electron chi connectivity index (χ3n) is 4.83. The zero-order chi connectivity index (χ0) is 14.1. The lowest BCUT2D eigenvalue weighted by Crippen LogP contribution is -2.52. The van der Waals surface area contributed by atoms with E-state index in [1.807, 2.05) is 0 Å². The van der Waals surface area contributed by atoms with Crippen LogP contribution in [0.25, 0.3) is 0 Å². The highest BCUT2D eigenvalue weighted by Crippen LogP contribution is 2.33. The van der Waals surface area contributed by atoms with Crippen molar-refractivity contribution in [3.8, 4) is 0 Å². The molecule has 1 N–H and O–H groups in total. The molecule has 0 radical (unpaired) electrons. The Morgan fingerprint density at radius 3 is 2.70 bits per heavy atom. The highest BCUT2D eigenvalue weighted by molar-refractivity contribution is 7.71. The highest BCUT2D eigenvalue weighted by atomic mass is 32.1. The molecule has 1 aromatic heterocycles. The summed E-state index contributed by atoms with van der Waals surface area (Å²) in [6.07, 6.45) is 5.12. The molecule has 0 amide bonds. The second-order valence-electron chi connectivity index (χ2n) is 6.06. The first-order valence-corrected chi connectivity index (χ1v) is 8.27. The first-order valence-electron chi connectivity index (χ1n) is 7.86. The van der Waals surface area contributed by atoms with E-state index in [2.05, 4.69) is 38.4 Å². The molecule has 0 aromatic carbocycles. The van der Waals surface area contributed by atoms with E-state index in [4.69, 9.17) is 12.2 Å². The van der Waals surface area contributed by atoms with Gasteiger partial charge in [-0.05, 0) is 38.5 Å². The Bertz CT molecular complexity index is 502. The van der Waals surface area contributed by atoms with Crippen molar-refractivity contribution in [1.29, 1.82) is 0 Å². The number of nitrogens with zero attached hydrogens (tertiary/aromatic N) is 4. The molecule has 5 nitrogen and oxygen atoms in total. The second-order valence-corrected chi connectivity index (χ2v) is 6.45. The van der Waals surface area contributed by atoms with Crippen LogP contribution >= 0.6 is 12.2 Å². The molecule has 1 saturated heterocycles. The maximum absolute atomic E-state index is 5.46. The van der Waals surface area contributed by atoms with E-state index < -0.39 is 0 Å². The number of nitrogens with one attached hydrogen (secondary N) is 1. The largest absolute Gasteiger partial charge is 0.338 e. The third-order valence-corrected chi connectivity index (χ3v) is 5.12. The molecule has 1 aliphatic heterocycles. The Morgan fingerprint density at radius 1 is 1.30 bits per heavy atom. The number of hydrogen-bond acceptors (Lipinski definition) is 4. The van der Waals surface area contributed by atoms with Crippen molar-refractivity contribution in [2.75, 3.05) is 31.1 Å². The maximum Gasteiger partial charge on any atom is 0.226 e. The fourth-order valence-corrected chi connectivity index (χ4v) is 3.93. The zero-order valence-corrected chi connectivity index (χ0v) is 13.3. The van der Waals surface area contributed by atoms with Crippen LogP contribution in [0.3, 0.4) is 0 Å². The monoisotopic (exact) mass is 295 g/mol. The fourth-order valence-electron chi connectivity index (χ4n) is 3.66. The highest BCUT2D eigenvalue weighted by Gasteiger charge is 2.28. The van der Waals surface area contributed by atoms with Crippen molar-refractivity contribution < 1.29 is 0 Å². The van der Waals surface area contributed by atoms with Crippen molar-refractivity contribution >= 4 is 18.2 Å². The van der Waals surface area contributed by atoms with Gasteiger partial charge in [0.15, 0.2) is 4.77 Å². The van der Waals surface area contributed by atoms with Crippen LogP contribution < -0.4 is 4.90 Å². The normalized spacial score (nSPS) is 25.5. The van der Waals surface area contributed by atoms with Crippen LogP contribution in [0.4, 0.5) is 5.95 Å². The number of aromatic nitrogens is 3. The molecule has 0 spiro atoms. The van der Waals surface area contributed by atoms with E-state index >= 15 is 0 Å². The van der Waals surface area contributed by atoms with Gasteiger partial charge in [-0.15, -0.1) is 5.10 Å². The Kier molecular flexibility index (Phi) is 4.12. The van der Waals surface area contributed by atoms with Crippen molar-refractivity contribution in [3.05, 3.63) is 4.77 Å². The van der Waals surface area contributed by atoms with Crippen molar-refractivity contribution in [2.24, 2.45) is 0 Å². The fraction of sp³-hybridized carbons (Fsp3) is 0.857. The van der Waals surface area contributed by atoms with Crippen LogP contribution in [0, 0.1) is 4.77 Å². The summed E-state index contributed by atoms with van der Waals surface area (Å²) in [7, 11) is 0. The number of H-pyrrole nitrogens is 1. The summed E-state index contributed by atoms with van der Waals surface area (Å²) in [5, 5.41) is 7.53. The quantitative estimate of drug-likeness (QED) is 0.870. The van der Waals surface area contributed by atoms with E-state index in [1.54, 1.807) is 0 Å². The summed E-state index contributed by atoms with van der Waals surface area (Å²) < 4.78 is 3.06. The van der Waals surface area contributed by atoms with Crippen molar-refractivity contribution in [1.82, 2.24) is 19.7 Å². The van der Waals surface area contributed by atoms with Crippen LogP contribution in [-0.2, 0) is 0 Å². The number of hydrogen-bond donors (Lipinski definition) is 1. The first-order chi connectivity index (χ1) is 9.70. The molecule has 20 heavy (non-hydrogen) atoms. The minimum Gasteiger partial charge on any atom is -0.338 e. The van der Waals surface area contributed by atoms with Gasteiger partial charge in [0.25, 0.3) is 0 Å². The topological polar surface area (TPSA) is 40.1 Å². The molecule has 1 unspecified atom stereocenters. The molecule has 1 aromatic rings. The van der Waals surface area contributed by atoms with E-state index in [1.165, 1.54) is 25.7 Å². The molecule has 1 atom stereocenters. The number of likely N-dealkylation sites (N-methyl/N-ethyl adjacent to an activating group) is 1. The summed E-state index contributed by atoms with van der Waals surface area (Å²) in [6.45, 7) is 8.87. The van der Waals surface area contributed by atoms with Crippen LogP contribution in [0.5, 0.6) is 0 Å². The lowest BCUT2D eigenvalue weighted by Gasteiger charge is -2.40. The predicted octanol–water partition coefficient (Wildman–Crippen LogP) is 2.59. The molecule has 1 aliphatic carbocycles. The predicted molar refractivity (Wildman–Crippen MR) is 83.8 cm³/mol. The molecule has 6 heteroatoms. The molecule has 2 aliphatic rings. The maximum atomic E-state index is 5.46. The lowest BCUT2D eigenvalue weighted by molar-refractivity contribution is 0.197. The van der Waals surface area contributed by atoms with Gasteiger partial charge in [-0.3, -0.25) is 9.47 Å². The van der Waals surface area contributed by atoms with Crippen molar-refractivity contribution in [2.45, 2.75) is 51.6 Å². The van der Waals surface area contributed by atoms with Crippen LogP contribution in [-0.4, -0.2) is 51.9 Å². The van der Waals surface area contributed by atoms with Crippen LogP contribution in [0.2, 0.25) is 0 Å². The van der Waals surface area contributed by atoms with Gasteiger partial charge in [0, 0.05) is 31.7 Å². The molecular weight excluding hydrogens is 270 g/mol. The summed E-state index contributed by atoms with van der Waals surface area (Å²) in [5.41, 5.74) is 0. The summed E-state index contributed by atoms with van der Waals surface area (Å²) in [6, 6.07) is 1.13. The standard InChI is InChI=1S/C14H25N5S/c1-3-17-8-9-18(10-11(17)2)13-15-16-14(20)19(13)12-6-4-5-7-12/h11-12H,3-10H2,1-2H3,(H,16,20). The molecule has 1 saturated carbocycles. The van der Waals surface area contributed by atoms with Crippen LogP contribution in [0.1, 0.15) is 45.6 Å². The smallest absolute Gasteiger partial charge is 0.226 e. The van der Waals surface area contributed by atoms with E-state index in [-0.39, 0.29) is 0 Å². The lowest BCUT2D eigenvalue weighted by atomic mass is 10.2. The first kappa shape index (κ1) is 14.1. The Balaban J connectivity index is 1.82. The minimum absolute atomic E-state index is 0.552. The minimum atomic E-state index is 0.552. The molecule has 2 fully saturated rings. The van der Waals surface area contributed by atoms with Gasteiger partial charge in [-0.2, -0.15) is 0 Å². The van der Waals surface area contributed by atoms with Crippen LogP contribution in [0.15, 0.2) is 0 Å².